The molecule has 1 aromatic carbocycles. The van der Waals surface area contributed by atoms with Crippen LogP contribution in [-0.4, -0.2) is 54.9 Å². The summed E-state index contributed by atoms with van der Waals surface area (Å²) >= 11 is 1.50. The molecule has 0 amide bonds. The van der Waals surface area contributed by atoms with Crippen molar-refractivity contribution in [3.05, 3.63) is 41.5 Å². The summed E-state index contributed by atoms with van der Waals surface area (Å²) in [5.74, 6) is 2.03. The van der Waals surface area contributed by atoms with Crippen LogP contribution in [0.25, 0.3) is 16.8 Å². The summed E-state index contributed by atoms with van der Waals surface area (Å²) in [4.78, 5) is 14.1. The first-order valence-corrected chi connectivity index (χ1v) is 13.6. The molecule has 1 saturated heterocycles. The summed E-state index contributed by atoms with van der Waals surface area (Å²) in [6.45, 7) is 7.90. The number of hydrogen-bond donors (Lipinski definition) is 0. The topological polar surface area (TPSA) is 98.3 Å². The van der Waals surface area contributed by atoms with E-state index in [2.05, 4.69) is 26.6 Å². The van der Waals surface area contributed by atoms with Gasteiger partial charge in [0.2, 0.25) is 15.2 Å². The van der Waals surface area contributed by atoms with Gasteiger partial charge in [-0.3, -0.25) is 0 Å². The van der Waals surface area contributed by atoms with E-state index in [1.54, 1.807) is 21.0 Å². The van der Waals surface area contributed by atoms with Crippen LogP contribution in [0.4, 0.5) is 0 Å². The fraction of sp³-hybridized carbons (Fsp3) is 0.455. The molecular weight excluding hydrogens is 458 g/mol. The van der Waals surface area contributed by atoms with Gasteiger partial charge in [0.15, 0.2) is 0 Å². The molecule has 1 fully saturated rings. The van der Waals surface area contributed by atoms with Crippen molar-refractivity contribution in [1.82, 2.24) is 33.4 Å². The molecule has 0 atom stereocenters. The average molecular weight is 486 g/mol. The van der Waals surface area contributed by atoms with E-state index >= 15 is 0 Å². The van der Waals surface area contributed by atoms with Gasteiger partial charge in [0.1, 0.15) is 5.82 Å². The van der Waals surface area contributed by atoms with E-state index in [1.165, 1.54) is 11.8 Å². The number of rotatable bonds is 6. The molecular formula is C22H27N7O2S2. The molecule has 1 aliphatic rings. The molecule has 0 radical (unpaired) electrons. The third-order valence-electron chi connectivity index (χ3n) is 6.00. The lowest BCUT2D eigenvalue weighted by Gasteiger charge is -2.25. The molecule has 11 heteroatoms. The van der Waals surface area contributed by atoms with Gasteiger partial charge in [-0.05, 0) is 57.9 Å². The van der Waals surface area contributed by atoms with E-state index in [0.29, 0.717) is 40.2 Å². The van der Waals surface area contributed by atoms with Crippen molar-refractivity contribution in [3.8, 4) is 0 Å². The van der Waals surface area contributed by atoms with E-state index in [9.17, 15) is 8.42 Å². The molecule has 0 N–H and O–H groups in total. The van der Waals surface area contributed by atoms with Gasteiger partial charge in [0.05, 0.1) is 21.7 Å². The van der Waals surface area contributed by atoms with Crippen molar-refractivity contribution in [1.29, 1.82) is 0 Å². The third-order valence-corrected chi connectivity index (χ3v) is 8.73. The van der Waals surface area contributed by atoms with Crippen molar-refractivity contribution < 1.29 is 8.42 Å². The highest BCUT2D eigenvalue weighted by Gasteiger charge is 2.26. The summed E-state index contributed by atoms with van der Waals surface area (Å²) in [5, 5.41) is 5.20. The highest BCUT2D eigenvalue weighted by atomic mass is 32.2. The average Bonchev–Trinajstić information content (AvgIpc) is 3.38. The second-order valence-corrected chi connectivity index (χ2v) is 11.2. The summed E-state index contributed by atoms with van der Waals surface area (Å²) in [5.41, 5.74) is 3.52. The minimum atomic E-state index is -3.49. The normalized spacial score (nSPS) is 15.6. The number of thioether (sulfide) groups is 1. The first-order chi connectivity index (χ1) is 15.9. The van der Waals surface area contributed by atoms with Crippen LogP contribution in [0.1, 0.15) is 43.4 Å². The molecule has 4 aromatic rings. The van der Waals surface area contributed by atoms with Crippen molar-refractivity contribution in [3.63, 3.8) is 0 Å². The highest BCUT2D eigenvalue weighted by molar-refractivity contribution is 7.98. The minimum absolute atomic E-state index is 0.316. The van der Waals surface area contributed by atoms with E-state index in [0.717, 1.165) is 48.5 Å². The summed E-state index contributed by atoms with van der Waals surface area (Å²) in [6.07, 6.45) is 2.92. The van der Waals surface area contributed by atoms with Crippen LogP contribution >= 0.6 is 11.8 Å². The summed E-state index contributed by atoms with van der Waals surface area (Å²) in [6, 6.07) is 7.26. The highest BCUT2D eigenvalue weighted by Crippen LogP contribution is 2.27. The summed E-state index contributed by atoms with van der Waals surface area (Å²) < 4.78 is 31.7. The number of aromatic nitrogens is 6. The Morgan fingerprint density at radius 3 is 2.58 bits per heavy atom. The largest absolute Gasteiger partial charge is 0.328 e. The monoisotopic (exact) mass is 485 g/mol. The predicted molar refractivity (Wildman–Crippen MR) is 128 cm³/mol. The van der Waals surface area contributed by atoms with E-state index in [-0.39, 0.29) is 0 Å². The van der Waals surface area contributed by atoms with Gasteiger partial charge in [0, 0.05) is 31.0 Å². The Hall–Kier alpha value is -2.50. The van der Waals surface area contributed by atoms with Crippen molar-refractivity contribution in [2.45, 2.75) is 62.4 Å². The zero-order valence-corrected chi connectivity index (χ0v) is 20.7. The zero-order valence-electron chi connectivity index (χ0n) is 19.0. The third kappa shape index (κ3) is 4.13. The maximum Gasteiger partial charge on any atom is 0.253 e. The Morgan fingerprint density at radius 2 is 1.82 bits per heavy atom. The van der Waals surface area contributed by atoms with Gasteiger partial charge in [0.25, 0.3) is 5.78 Å². The predicted octanol–water partition coefficient (Wildman–Crippen LogP) is 3.58. The Balaban J connectivity index is 1.43. The Morgan fingerprint density at radius 1 is 1.03 bits per heavy atom. The standard InChI is InChI=1S/C22H27N7O2S2/c1-4-28-19-9-8-17(33(30,31)27-10-6-5-7-11-27)13-18(19)24-20(28)14-32-22-25-21-23-15(2)12-16(3)29(21)26-22/h8-9,12-13H,4-7,10-11,14H2,1-3H3. The number of sulfonamides is 1. The van der Waals surface area contributed by atoms with Gasteiger partial charge in [-0.1, -0.05) is 18.2 Å². The number of fused-ring (bicyclic) bond motifs is 2. The molecule has 5 rings (SSSR count). The minimum Gasteiger partial charge on any atom is -0.328 e. The summed E-state index contributed by atoms with van der Waals surface area (Å²) in [7, 11) is -3.49. The first-order valence-electron chi connectivity index (χ1n) is 11.2. The molecule has 9 nitrogen and oxygen atoms in total. The molecule has 3 aromatic heterocycles. The Kier molecular flexibility index (Phi) is 5.87. The number of aryl methyl sites for hydroxylation is 3. The second kappa shape index (κ2) is 8.69. The Bertz CT molecular complexity index is 1440. The molecule has 0 spiro atoms. The van der Waals surface area contributed by atoms with Crippen LogP contribution in [0.3, 0.4) is 0 Å². The van der Waals surface area contributed by atoms with Crippen LogP contribution in [0.2, 0.25) is 0 Å². The number of benzene rings is 1. The van der Waals surface area contributed by atoms with E-state index in [4.69, 9.17) is 4.98 Å². The molecule has 0 bridgehead atoms. The fourth-order valence-corrected chi connectivity index (χ4v) is 6.68. The van der Waals surface area contributed by atoms with Crippen molar-refractivity contribution in [2.24, 2.45) is 0 Å². The number of imidazole rings is 1. The second-order valence-electron chi connectivity index (χ2n) is 8.32. The molecule has 0 unspecified atom stereocenters. The van der Waals surface area contributed by atoms with E-state index in [1.807, 2.05) is 26.0 Å². The molecule has 0 aliphatic carbocycles. The van der Waals surface area contributed by atoms with Crippen molar-refractivity contribution in [2.75, 3.05) is 13.1 Å². The fourth-order valence-electron chi connectivity index (χ4n) is 4.38. The number of piperidine rings is 1. The lowest BCUT2D eigenvalue weighted by molar-refractivity contribution is 0.346. The van der Waals surface area contributed by atoms with Crippen LogP contribution < -0.4 is 0 Å². The first kappa shape index (κ1) is 22.3. The maximum absolute atomic E-state index is 13.1. The van der Waals surface area contributed by atoms with Gasteiger partial charge >= 0.3 is 0 Å². The van der Waals surface area contributed by atoms with Gasteiger partial charge in [-0.15, -0.1) is 5.10 Å². The van der Waals surface area contributed by atoms with Gasteiger partial charge in [-0.25, -0.2) is 22.9 Å². The lowest BCUT2D eigenvalue weighted by Crippen LogP contribution is -2.35. The SMILES string of the molecule is CCn1c(CSc2nc3nc(C)cc(C)n3n2)nc2cc(S(=O)(=O)N3CCCCC3)ccc21. The zero-order chi connectivity index (χ0) is 23.2. The quantitative estimate of drug-likeness (QED) is 0.385. The lowest BCUT2D eigenvalue weighted by atomic mass is 10.2. The molecule has 174 valence electrons. The van der Waals surface area contributed by atoms with Crippen LogP contribution in [0.5, 0.6) is 0 Å². The molecule has 0 saturated carbocycles. The number of hydrogen-bond acceptors (Lipinski definition) is 7. The number of nitrogens with zero attached hydrogens (tertiary/aromatic N) is 7. The van der Waals surface area contributed by atoms with Crippen molar-refractivity contribution >= 4 is 38.6 Å². The smallest absolute Gasteiger partial charge is 0.253 e. The van der Waals surface area contributed by atoms with Crippen LogP contribution in [0, 0.1) is 13.8 Å². The van der Waals surface area contributed by atoms with Crippen LogP contribution in [0.15, 0.2) is 34.3 Å². The van der Waals surface area contributed by atoms with E-state index < -0.39 is 10.0 Å². The maximum atomic E-state index is 13.1. The Labute approximate surface area is 197 Å². The van der Waals surface area contributed by atoms with Crippen LogP contribution in [-0.2, 0) is 22.3 Å². The van der Waals surface area contributed by atoms with Gasteiger partial charge in [-0.2, -0.15) is 9.29 Å². The van der Waals surface area contributed by atoms with Gasteiger partial charge < -0.3 is 4.57 Å². The molecule has 4 heterocycles. The molecule has 33 heavy (non-hydrogen) atoms. The molecule has 1 aliphatic heterocycles.